The summed E-state index contributed by atoms with van der Waals surface area (Å²) in [6, 6.07) is 7.59. The van der Waals surface area contributed by atoms with Gasteiger partial charge in [-0.1, -0.05) is 23.9 Å². The van der Waals surface area contributed by atoms with Crippen molar-refractivity contribution in [2.75, 3.05) is 12.9 Å². The van der Waals surface area contributed by atoms with Gasteiger partial charge in [-0.2, -0.15) is 0 Å². The Balaban J connectivity index is 2.08. The monoisotopic (exact) mass is 265 g/mol. The number of carbonyl (C=O) groups is 1. The molecule has 0 aliphatic rings. The lowest BCUT2D eigenvalue weighted by molar-refractivity contribution is -0.149. The van der Waals surface area contributed by atoms with E-state index in [0.29, 0.717) is 11.0 Å². The summed E-state index contributed by atoms with van der Waals surface area (Å²) in [4.78, 5) is 15.9. The van der Waals surface area contributed by atoms with Crippen LogP contribution in [0.4, 0.5) is 0 Å². The van der Waals surface area contributed by atoms with Crippen LogP contribution in [0.2, 0.25) is 0 Å². The van der Waals surface area contributed by atoms with Gasteiger partial charge in [0.1, 0.15) is 5.52 Å². The number of nitrogens with zero attached hydrogens (tertiary/aromatic N) is 1. The van der Waals surface area contributed by atoms with Gasteiger partial charge in [-0.05, 0) is 26.0 Å². The molecule has 96 valence electrons. The van der Waals surface area contributed by atoms with Crippen molar-refractivity contribution in [2.24, 2.45) is 5.41 Å². The largest absolute Gasteiger partial charge is 0.469 e. The Morgan fingerprint density at radius 1 is 1.44 bits per heavy atom. The van der Waals surface area contributed by atoms with Gasteiger partial charge in [0, 0.05) is 5.75 Å². The van der Waals surface area contributed by atoms with Crippen LogP contribution in [0.15, 0.2) is 33.9 Å². The highest BCUT2D eigenvalue weighted by atomic mass is 32.2. The molecule has 0 amide bonds. The smallest absolute Gasteiger partial charge is 0.312 e. The number of thioether (sulfide) groups is 1. The highest BCUT2D eigenvalue weighted by Crippen LogP contribution is 2.30. The van der Waals surface area contributed by atoms with E-state index in [-0.39, 0.29) is 5.97 Å². The molecule has 5 heteroatoms. The molecule has 0 atom stereocenters. The van der Waals surface area contributed by atoms with Gasteiger partial charge in [-0.15, -0.1) is 0 Å². The second-order valence-corrected chi connectivity index (χ2v) is 5.54. The minimum Gasteiger partial charge on any atom is -0.469 e. The van der Waals surface area contributed by atoms with Crippen LogP contribution >= 0.6 is 11.8 Å². The SMILES string of the molecule is COC(=O)C(C)(C)CSc1nc2ccccc2o1. The molecule has 2 aromatic rings. The highest BCUT2D eigenvalue weighted by Gasteiger charge is 2.29. The summed E-state index contributed by atoms with van der Waals surface area (Å²) in [5.41, 5.74) is 1.03. The number of aromatic nitrogens is 1. The molecular formula is C13H15NO3S. The first-order valence-electron chi connectivity index (χ1n) is 5.60. The van der Waals surface area contributed by atoms with Crippen LogP contribution in [0, 0.1) is 5.41 Å². The molecule has 18 heavy (non-hydrogen) atoms. The fourth-order valence-corrected chi connectivity index (χ4v) is 2.40. The number of fused-ring (bicyclic) bond motifs is 1. The van der Waals surface area contributed by atoms with Crippen molar-refractivity contribution in [3.63, 3.8) is 0 Å². The zero-order valence-corrected chi connectivity index (χ0v) is 11.4. The van der Waals surface area contributed by atoms with Crippen molar-refractivity contribution in [1.29, 1.82) is 0 Å². The second kappa shape index (κ2) is 5.02. The van der Waals surface area contributed by atoms with E-state index in [0.717, 1.165) is 11.1 Å². The molecule has 0 aliphatic heterocycles. The molecule has 0 saturated carbocycles. The fraction of sp³-hybridized carbons (Fsp3) is 0.385. The molecule has 0 unspecified atom stereocenters. The number of hydrogen-bond donors (Lipinski definition) is 0. The lowest BCUT2D eigenvalue weighted by atomic mass is 9.97. The number of ether oxygens (including phenoxy) is 1. The van der Waals surface area contributed by atoms with Crippen LogP contribution in [0.5, 0.6) is 0 Å². The number of para-hydroxylation sites is 2. The molecule has 2 rings (SSSR count). The quantitative estimate of drug-likeness (QED) is 0.628. The van der Waals surface area contributed by atoms with E-state index in [1.807, 2.05) is 38.1 Å². The van der Waals surface area contributed by atoms with E-state index in [2.05, 4.69) is 4.98 Å². The van der Waals surface area contributed by atoms with Gasteiger partial charge in [0.15, 0.2) is 5.58 Å². The zero-order valence-electron chi connectivity index (χ0n) is 10.6. The first kappa shape index (κ1) is 13.0. The van der Waals surface area contributed by atoms with Crippen LogP contribution in [0.25, 0.3) is 11.1 Å². The lowest BCUT2D eigenvalue weighted by Gasteiger charge is -2.19. The van der Waals surface area contributed by atoms with Gasteiger partial charge < -0.3 is 9.15 Å². The van der Waals surface area contributed by atoms with E-state index in [4.69, 9.17) is 9.15 Å². The molecule has 1 aromatic carbocycles. The molecular weight excluding hydrogens is 250 g/mol. The molecule has 0 aliphatic carbocycles. The van der Waals surface area contributed by atoms with Crippen molar-refractivity contribution in [1.82, 2.24) is 4.98 Å². The van der Waals surface area contributed by atoms with Gasteiger partial charge in [0.25, 0.3) is 5.22 Å². The van der Waals surface area contributed by atoms with Crippen LogP contribution in [-0.4, -0.2) is 23.8 Å². The van der Waals surface area contributed by atoms with Crippen LogP contribution in [0.1, 0.15) is 13.8 Å². The standard InChI is InChI=1S/C13H15NO3S/c1-13(2,11(15)16-3)8-18-12-14-9-6-4-5-7-10(9)17-12/h4-7H,8H2,1-3H3. The minimum atomic E-state index is -0.555. The Morgan fingerprint density at radius 2 is 2.17 bits per heavy atom. The van der Waals surface area contributed by atoms with E-state index >= 15 is 0 Å². The number of benzene rings is 1. The van der Waals surface area contributed by atoms with E-state index < -0.39 is 5.41 Å². The third-order valence-electron chi connectivity index (χ3n) is 2.57. The Kier molecular flexibility index (Phi) is 3.61. The van der Waals surface area contributed by atoms with Gasteiger partial charge in [-0.3, -0.25) is 4.79 Å². The summed E-state index contributed by atoms with van der Waals surface area (Å²) in [7, 11) is 1.40. The van der Waals surface area contributed by atoms with Crippen LogP contribution in [-0.2, 0) is 9.53 Å². The molecule has 1 heterocycles. The van der Waals surface area contributed by atoms with Crippen molar-refractivity contribution in [3.8, 4) is 0 Å². The number of oxazole rings is 1. The number of esters is 1. The zero-order chi connectivity index (χ0) is 13.2. The predicted molar refractivity (Wildman–Crippen MR) is 70.5 cm³/mol. The second-order valence-electron chi connectivity index (χ2n) is 4.61. The van der Waals surface area contributed by atoms with E-state index in [9.17, 15) is 4.79 Å². The predicted octanol–water partition coefficient (Wildman–Crippen LogP) is 3.12. The maximum atomic E-state index is 11.5. The molecule has 0 fully saturated rings. The number of carbonyl (C=O) groups excluding carboxylic acids is 1. The Bertz CT molecular complexity index is 529. The average molecular weight is 265 g/mol. The molecule has 0 bridgehead atoms. The highest BCUT2D eigenvalue weighted by molar-refractivity contribution is 7.99. The first-order valence-corrected chi connectivity index (χ1v) is 6.58. The Hall–Kier alpha value is -1.49. The normalized spacial score (nSPS) is 11.7. The van der Waals surface area contributed by atoms with Gasteiger partial charge in [0.2, 0.25) is 0 Å². The van der Waals surface area contributed by atoms with Crippen LogP contribution in [0.3, 0.4) is 0 Å². The molecule has 0 saturated heterocycles. The molecule has 0 radical (unpaired) electrons. The summed E-state index contributed by atoms with van der Waals surface area (Å²) in [5, 5.41) is 0.577. The lowest BCUT2D eigenvalue weighted by Crippen LogP contribution is -2.28. The summed E-state index contributed by atoms with van der Waals surface area (Å²) < 4.78 is 10.3. The molecule has 1 aromatic heterocycles. The molecule has 0 N–H and O–H groups in total. The van der Waals surface area contributed by atoms with Crippen molar-refractivity contribution in [2.45, 2.75) is 19.1 Å². The third kappa shape index (κ3) is 2.67. The van der Waals surface area contributed by atoms with Gasteiger partial charge in [-0.25, -0.2) is 4.98 Å². The van der Waals surface area contributed by atoms with Gasteiger partial charge in [0.05, 0.1) is 12.5 Å². The first-order chi connectivity index (χ1) is 8.53. The average Bonchev–Trinajstić information content (AvgIpc) is 2.78. The number of methoxy groups -OCH3 is 1. The fourth-order valence-electron chi connectivity index (χ4n) is 1.49. The van der Waals surface area contributed by atoms with Crippen molar-refractivity contribution >= 4 is 28.8 Å². The minimum absolute atomic E-state index is 0.230. The van der Waals surface area contributed by atoms with E-state index in [1.165, 1.54) is 18.9 Å². The maximum absolute atomic E-state index is 11.5. The summed E-state index contributed by atoms with van der Waals surface area (Å²) in [5.74, 6) is 0.332. The van der Waals surface area contributed by atoms with Gasteiger partial charge >= 0.3 is 5.97 Å². The summed E-state index contributed by atoms with van der Waals surface area (Å²) in [6.45, 7) is 3.68. The topological polar surface area (TPSA) is 52.3 Å². The number of hydrogen-bond acceptors (Lipinski definition) is 5. The summed E-state index contributed by atoms with van der Waals surface area (Å²) >= 11 is 1.42. The summed E-state index contributed by atoms with van der Waals surface area (Å²) in [6.07, 6.45) is 0. The van der Waals surface area contributed by atoms with E-state index in [1.54, 1.807) is 0 Å². The van der Waals surface area contributed by atoms with Crippen molar-refractivity contribution < 1.29 is 13.9 Å². The van der Waals surface area contributed by atoms with Crippen molar-refractivity contribution in [3.05, 3.63) is 24.3 Å². The Labute approximate surface area is 110 Å². The van der Waals surface area contributed by atoms with Crippen LogP contribution < -0.4 is 0 Å². The molecule has 0 spiro atoms. The maximum Gasteiger partial charge on any atom is 0.312 e. The Morgan fingerprint density at radius 3 is 2.83 bits per heavy atom. The number of rotatable bonds is 4. The molecule has 4 nitrogen and oxygen atoms in total. The third-order valence-corrected chi connectivity index (χ3v) is 3.86.